The standard InChI is InChI=1S/C20H19Cl2N3O3/c1-20(10-9-13-5-3-2-4-6-13)18(27)25(19(28)23-20)24-17(26)12-14-7-8-15(21)16(22)11-14/h2-8,11H,9-10,12H2,1H3,(H,23,28)(H,24,26). The lowest BCUT2D eigenvalue weighted by atomic mass is 9.93. The van der Waals surface area contributed by atoms with Crippen LogP contribution in [0.25, 0.3) is 0 Å². The van der Waals surface area contributed by atoms with Gasteiger partial charge in [-0.1, -0.05) is 59.6 Å². The third kappa shape index (κ3) is 4.46. The number of urea groups is 1. The third-order valence-corrected chi connectivity index (χ3v) is 5.34. The number of nitrogens with zero attached hydrogens (tertiary/aromatic N) is 1. The van der Waals surface area contributed by atoms with Gasteiger partial charge in [-0.3, -0.25) is 15.0 Å². The number of carbonyl (C=O) groups is 3. The van der Waals surface area contributed by atoms with E-state index >= 15 is 0 Å². The SMILES string of the molecule is CC1(CCc2ccccc2)NC(=O)N(NC(=O)Cc2ccc(Cl)c(Cl)c2)C1=O. The summed E-state index contributed by atoms with van der Waals surface area (Å²) in [5.41, 5.74) is 2.97. The van der Waals surface area contributed by atoms with E-state index in [1.807, 2.05) is 30.3 Å². The first-order valence-corrected chi connectivity index (χ1v) is 9.48. The molecule has 1 aliphatic rings. The topological polar surface area (TPSA) is 78.5 Å². The first-order chi connectivity index (χ1) is 13.3. The molecule has 6 nitrogen and oxygen atoms in total. The van der Waals surface area contributed by atoms with Crippen LogP contribution < -0.4 is 10.7 Å². The van der Waals surface area contributed by atoms with E-state index in [9.17, 15) is 14.4 Å². The molecule has 2 N–H and O–H groups in total. The summed E-state index contributed by atoms with van der Waals surface area (Å²) in [5.74, 6) is -0.995. The minimum absolute atomic E-state index is 0.0469. The van der Waals surface area contributed by atoms with Gasteiger partial charge in [-0.25, -0.2) is 4.79 Å². The monoisotopic (exact) mass is 419 g/mol. The Morgan fingerprint density at radius 3 is 2.46 bits per heavy atom. The third-order valence-electron chi connectivity index (χ3n) is 4.60. The lowest BCUT2D eigenvalue weighted by Crippen LogP contribution is -2.49. The highest BCUT2D eigenvalue weighted by Gasteiger charge is 2.48. The van der Waals surface area contributed by atoms with Crippen molar-refractivity contribution in [2.24, 2.45) is 0 Å². The van der Waals surface area contributed by atoms with E-state index in [-0.39, 0.29) is 6.42 Å². The average molecular weight is 420 g/mol. The molecule has 1 fully saturated rings. The molecule has 0 aliphatic carbocycles. The lowest BCUT2D eigenvalue weighted by molar-refractivity contribution is -0.138. The smallest absolute Gasteiger partial charge is 0.322 e. The van der Waals surface area contributed by atoms with Crippen molar-refractivity contribution in [3.63, 3.8) is 0 Å². The number of rotatable bonds is 6. The van der Waals surface area contributed by atoms with Crippen LogP contribution in [-0.2, 0) is 22.4 Å². The molecule has 146 valence electrons. The van der Waals surface area contributed by atoms with Crippen LogP contribution in [0.2, 0.25) is 10.0 Å². The van der Waals surface area contributed by atoms with Gasteiger partial charge in [-0.15, -0.1) is 0 Å². The highest BCUT2D eigenvalue weighted by Crippen LogP contribution is 2.24. The summed E-state index contributed by atoms with van der Waals surface area (Å²) in [6.07, 6.45) is 0.990. The van der Waals surface area contributed by atoms with Gasteiger partial charge in [0.15, 0.2) is 0 Å². The Morgan fingerprint density at radius 2 is 1.79 bits per heavy atom. The molecule has 1 atom stereocenters. The van der Waals surface area contributed by atoms with Gasteiger partial charge in [-0.05, 0) is 43.0 Å². The van der Waals surface area contributed by atoms with Crippen molar-refractivity contribution in [2.45, 2.75) is 31.7 Å². The predicted molar refractivity (Wildman–Crippen MR) is 107 cm³/mol. The van der Waals surface area contributed by atoms with Crippen LogP contribution in [-0.4, -0.2) is 28.4 Å². The highest BCUT2D eigenvalue weighted by atomic mass is 35.5. The Bertz CT molecular complexity index is 920. The molecule has 0 spiro atoms. The summed E-state index contributed by atoms with van der Waals surface area (Å²) in [4.78, 5) is 37.3. The fourth-order valence-corrected chi connectivity index (χ4v) is 3.31. The second-order valence-electron chi connectivity index (χ2n) is 6.85. The quantitative estimate of drug-likeness (QED) is 0.703. The Labute approximate surface area is 172 Å². The summed E-state index contributed by atoms with van der Waals surface area (Å²) in [6, 6.07) is 13.8. The Hall–Kier alpha value is -2.57. The molecule has 0 saturated carbocycles. The van der Waals surface area contributed by atoms with E-state index in [1.165, 1.54) is 0 Å². The van der Waals surface area contributed by atoms with E-state index in [0.29, 0.717) is 28.5 Å². The van der Waals surface area contributed by atoms with Crippen molar-refractivity contribution in [3.05, 3.63) is 69.7 Å². The van der Waals surface area contributed by atoms with E-state index in [0.717, 1.165) is 10.6 Å². The number of hydrazine groups is 1. The van der Waals surface area contributed by atoms with E-state index in [2.05, 4.69) is 10.7 Å². The van der Waals surface area contributed by atoms with Crippen molar-refractivity contribution in [1.29, 1.82) is 0 Å². The van der Waals surface area contributed by atoms with Crippen LogP contribution >= 0.6 is 23.2 Å². The summed E-state index contributed by atoms with van der Waals surface area (Å²) < 4.78 is 0. The van der Waals surface area contributed by atoms with Crippen molar-refractivity contribution in [2.75, 3.05) is 0 Å². The number of imide groups is 1. The summed E-state index contributed by atoms with van der Waals surface area (Å²) in [5, 5.41) is 4.12. The van der Waals surface area contributed by atoms with Crippen LogP contribution in [0.15, 0.2) is 48.5 Å². The number of aryl methyl sites for hydroxylation is 1. The summed E-state index contributed by atoms with van der Waals surface area (Å²) in [6.45, 7) is 1.65. The number of hydrogen-bond donors (Lipinski definition) is 2. The molecule has 28 heavy (non-hydrogen) atoms. The molecule has 2 aromatic carbocycles. The molecule has 3 rings (SSSR count). The molecule has 0 aromatic heterocycles. The Balaban J connectivity index is 1.62. The number of carbonyl (C=O) groups excluding carboxylic acids is 3. The maximum Gasteiger partial charge on any atom is 0.344 e. The fraction of sp³-hybridized carbons (Fsp3) is 0.250. The van der Waals surface area contributed by atoms with Gasteiger partial charge < -0.3 is 5.32 Å². The van der Waals surface area contributed by atoms with Crippen LogP contribution in [0.3, 0.4) is 0 Å². The first kappa shape index (κ1) is 20.2. The minimum atomic E-state index is -1.08. The minimum Gasteiger partial charge on any atom is -0.322 e. The molecule has 1 saturated heterocycles. The van der Waals surface area contributed by atoms with E-state index < -0.39 is 23.4 Å². The zero-order chi connectivity index (χ0) is 20.3. The van der Waals surface area contributed by atoms with Crippen molar-refractivity contribution < 1.29 is 14.4 Å². The average Bonchev–Trinajstić information content (AvgIpc) is 2.87. The van der Waals surface area contributed by atoms with Crippen LogP contribution in [0.1, 0.15) is 24.5 Å². The number of amides is 4. The molecule has 1 unspecified atom stereocenters. The van der Waals surface area contributed by atoms with E-state index in [1.54, 1.807) is 25.1 Å². The molecule has 1 aliphatic heterocycles. The first-order valence-electron chi connectivity index (χ1n) is 8.72. The van der Waals surface area contributed by atoms with Crippen molar-refractivity contribution in [3.8, 4) is 0 Å². The molecule has 0 bridgehead atoms. The number of hydrogen-bond acceptors (Lipinski definition) is 3. The molecular formula is C20H19Cl2N3O3. The molecule has 8 heteroatoms. The number of nitrogens with one attached hydrogen (secondary N) is 2. The van der Waals surface area contributed by atoms with Crippen LogP contribution in [0.5, 0.6) is 0 Å². The number of benzene rings is 2. The van der Waals surface area contributed by atoms with Gasteiger partial charge in [0, 0.05) is 0 Å². The molecule has 2 aromatic rings. The second-order valence-corrected chi connectivity index (χ2v) is 7.66. The van der Waals surface area contributed by atoms with Crippen LogP contribution in [0, 0.1) is 0 Å². The van der Waals surface area contributed by atoms with Crippen molar-refractivity contribution in [1.82, 2.24) is 15.8 Å². The van der Waals surface area contributed by atoms with E-state index in [4.69, 9.17) is 23.2 Å². The molecular weight excluding hydrogens is 401 g/mol. The van der Waals surface area contributed by atoms with Gasteiger partial charge in [0.25, 0.3) is 5.91 Å². The van der Waals surface area contributed by atoms with Gasteiger partial charge >= 0.3 is 6.03 Å². The van der Waals surface area contributed by atoms with Gasteiger partial charge in [0.2, 0.25) is 5.91 Å². The predicted octanol–water partition coefficient (Wildman–Crippen LogP) is 3.51. The lowest BCUT2D eigenvalue weighted by Gasteiger charge is -2.21. The largest absolute Gasteiger partial charge is 0.344 e. The van der Waals surface area contributed by atoms with Gasteiger partial charge in [0.1, 0.15) is 5.54 Å². The summed E-state index contributed by atoms with van der Waals surface area (Å²) >= 11 is 11.8. The molecule has 0 radical (unpaired) electrons. The summed E-state index contributed by atoms with van der Waals surface area (Å²) in [7, 11) is 0. The Morgan fingerprint density at radius 1 is 1.07 bits per heavy atom. The fourth-order valence-electron chi connectivity index (χ4n) is 2.99. The highest BCUT2D eigenvalue weighted by molar-refractivity contribution is 6.42. The normalized spacial score (nSPS) is 18.9. The Kier molecular flexibility index (Phi) is 5.91. The van der Waals surface area contributed by atoms with Gasteiger partial charge in [0.05, 0.1) is 16.5 Å². The maximum atomic E-state index is 12.7. The zero-order valence-corrected chi connectivity index (χ0v) is 16.7. The zero-order valence-electron chi connectivity index (χ0n) is 15.2. The number of halogens is 2. The van der Waals surface area contributed by atoms with Gasteiger partial charge in [-0.2, -0.15) is 5.01 Å². The second kappa shape index (κ2) is 8.20. The van der Waals surface area contributed by atoms with Crippen molar-refractivity contribution >= 4 is 41.0 Å². The molecule has 1 heterocycles. The maximum absolute atomic E-state index is 12.7. The molecule has 4 amide bonds. The van der Waals surface area contributed by atoms with Crippen LogP contribution in [0.4, 0.5) is 4.79 Å².